The van der Waals surface area contributed by atoms with Crippen LogP contribution < -0.4 is 9.64 Å². The van der Waals surface area contributed by atoms with Crippen LogP contribution in [0.2, 0.25) is 0 Å². The van der Waals surface area contributed by atoms with Crippen molar-refractivity contribution >= 4 is 51.7 Å². The Bertz CT molecular complexity index is 1890. The van der Waals surface area contributed by atoms with Crippen molar-refractivity contribution in [2.24, 2.45) is 23.7 Å². The number of anilines is 1. The van der Waals surface area contributed by atoms with Gasteiger partial charge >= 0.3 is 12.4 Å². The second kappa shape index (κ2) is 13.9. The highest BCUT2D eigenvalue weighted by molar-refractivity contribution is 14.1. The highest BCUT2D eigenvalue weighted by Gasteiger charge is 2.58. The number of phenolic OH excluding ortho intramolecular Hbond substituents is 1. The first-order chi connectivity index (χ1) is 24.0. The molecule has 13 heteroatoms. The summed E-state index contributed by atoms with van der Waals surface area (Å²) in [5, 5.41) is 10.4. The number of carbonyl (C=O) groups excluding carboxylic acids is 2. The van der Waals surface area contributed by atoms with Gasteiger partial charge in [-0.2, -0.15) is 26.3 Å². The molecule has 2 aliphatic heterocycles. The van der Waals surface area contributed by atoms with Gasteiger partial charge in [0.05, 0.1) is 52.0 Å². The van der Waals surface area contributed by atoms with Gasteiger partial charge in [-0.15, -0.1) is 0 Å². The van der Waals surface area contributed by atoms with E-state index in [0.717, 1.165) is 27.8 Å². The minimum atomic E-state index is -5.14. The molecule has 51 heavy (non-hydrogen) atoms. The maximum atomic E-state index is 14.0. The lowest BCUT2D eigenvalue weighted by Gasteiger charge is -2.33. The van der Waals surface area contributed by atoms with Gasteiger partial charge in [-0.1, -0.05) is 55.8 Å². The molecular formula is C38H34F6INO5. The number of fused-ring (bicyclic) bond motifs is 3. The van der Waals surface area contributed by atoms with Gasteiger partial charge in [0.2, 0.25) is 11.8 Å². The van der Waals surface area contributed by atoms with Crippen molar-refractivity contribution in [2.75, 3.05) is 18.6 Å². The van der Waals surface area contributed by atoms with Crippen molar-refractivity contribution in [3.05, 3.63) is 97.6 Å². The van der Waals surface area contributed by atoms with Crippen molar-refractivity contribution < 1.29 is 50.5 Å². The van der Waals surface area contributed by atoms with Gasteiger partial charge in [0.1, 0.15) is 0 Å². The van der Waals surface area contributed by atoms with E-state index in [4.69, 9.17) is 9.47 Å². The third kappa shape index (κ3) is 7.15. The Morgan fingerprint density at radius 1 is 0.980 bits per heavy atom. The normalized spacial score (nSPS) is 22.6. The van der Waals surface area contributed by atoms with Gasteiger partial charge in [-0.25, -0.2) is 4.90 Å². The van der Waals surface area contributed by atoms with Crippen LogP contribution in [0.25, 0.3) is 11.6 Å². The zero-order valence-corrected chi connectivity index (χ0v) is 29.9. The van der Waals surface area contributed by atoms with E-state index in [0.29, 0.717) is 39.2 Å². The van der Waals surface area contributed by atoms with Crippen LogP contribution in [0.1, 0.15) is 55.4 Å². The number of alkyl halides is 6. The van der Waals surface area contributed by atoms with Gasteiger partial charge in [0.25, 0.3) is 0 Å². The fourth-order valence-electron chi connectivity index (χ4n) is 7.55. The van der Waals surface area contributed by atoms with E-state index in [1.54, 1.807) is 6.07 Å². The summed E-state index contributed by atoms with van der Waals surface area (Å²) in [5.41, 5.74) is 0.574. The number of halogens is 7. The predicted molar refractivity (Wildman–Crippen MR) is 187 cm³/mol. The molecule has 3 aliphatic rings. The first-order valence-corrected chi connectivity index (χ1v) is 17.4. The molecule has 0 bridgehead atoms. The predicted octanol–water partition coefficient (Wildman–Crippen LogP) is 9.54. The quantitative estimate of drug-likeness (QED) is 0.0806. The average molecular weight is 826 g/mol. The number of rotatable bonds is 8. The fraction of sp³-hybridized carbons (Fsp3) is 0.368. The summed E-state index contributed by atoms with van der Waals surface area (Å²) in [6.07, 6.45) is -7.53. The topological polar surface area (TPSA) is 76.1 Å². The van der Waals surface area contributed by atoms with Gasteiger partial charge in [-0.3, -0.25) is 9.59 Å². The molecule has 0 radical (unpaired) electrons. The number of hydrogen-bond donors (Lipinski definition) is 1. The molecular weight excluding hydrogens is 791 g/mol. The molecule has 2 heterocycles. The third-order valence-corrected chi connectivity index (χ3v) is 10.7. The van der Waals surface area contributed by atoms with Gasteiger partial charge in [-0.05, 0) is 100 Å². The van der Waals surface area contributed by atoms with Crippen molar-refractivity contribution in [1.82, 2.24) is 0 Å². The van der Waals surface area contributed by atoms with Crippen LogP contribution in [-0.2, 0) is 26.7 Å². The molecule has 270 valence electrons. The molecule has 6 rings (SSSR count). The first kappa shape index (κ1) is 36.9. The molecule has 2 amide bonds. The van der Waals surface area contributed by atoms with Crippen LogP contribution >= 0.6 is 22.6 Å². The number of hydrogen-bond acceptors (Lipinski definition) is 5. The maximum Gasteiger partial charge on any atom is 0.416 e. The minimum absolute atomic E-state index is 0.0232. The molecule has 0 aromatic heterocycles. The van der Waals surface area contributed by atoms with Crippen LogP contribution in [0.5, 0.6) is 11.5 Å². The zero-order chi connectivity index (χ0) is 37.0. The monoisotopic (exact) mass is 825 g/mol. The minimum Gasteiger partial charge on any atom is -0.504 e. The Hall–Kier alpha value is -3.85. The maximum absolute atomic E-state index is 14.0. The molecule has 2 fully saturated rings. The molecule has 0 saturated carbocycles. The van der Waals surface area contributed by atoms with Crippen LogP contribution in [-0.4, -0.2) is 36.7 Å². The van der Waals surface area contributed by atoms with E-state index in [1.807, 2.05) is 78.9 Å². The molecule has 3 aromatic rings. The molecule has 0 unspecified atom stereocenters. The zero-order valence-electron chi connectivity index (χ0n) is 27.7. The number of ether oxygens (including phenoxy) is 2. The summed E-state index contributed by atoms with van der Waals surface area (Å²) < 4.78 is 94.5. The van der Waals surface area contributed by atoms with Gasteiger partial charge in [0.15, 0.2) is 11.5 Å². The molecule has 2 saturated heterocycles. The number of methoxy groups -OCH3 is 1. The number of allylic oxidation sites excluding steroid dienone is 2. The number of benzene rings is 3. The second-order valence-corrected chi connectivity index (χ2v) is 14.5. The van der Waals surface area contributed by atoms with Crippen LogP contribution in [0, 0.1) is 27.2 Å². The van der Waals surface area contributed by atoms with E-state index < -0.39 is 64.8 Å². The lowest BCUT2D eigenvalue weighted by molar-refractivity contribution is -0.143. The van der Waals surface area contributed by atoms with E-state index in [-0.39, 0.29) is 30.8 Å². The molecule has 6 nitrogen and oxygen atoms in total. The molecule has 4 atom stereocenters. The summed E-state index contributed by atoms with van der Waals surface area (Å²) in [4.78, 5) is 28.3. The Balaban J connectivity index is 1.32. The van der Waals surface area contributed by atoms with Gasteiger partial charge in [0, 0.05) is 5.92 Å². The van der Waals surface area contributed by atoms with Gasteiger partial charge < -0.3 is 14.6 Å². The van der Waals surface area contributed by atoms with E-state index >= 15 is 0 Å². The third-order valence-electron chi connectivity index (χ3n) is 9.90. The van der Waals surface area contributed by atoms with Crippen molar-refractivity contribution in [3.8, 4) is 11.5 Å². The van der Waals surface area contributed by atoms with E-state index in [1.165, 1.54) is 7.11 Å². The number of phenols is 1. The van der Waals surface area contributed by atoms with Crippen LogP contribution in [0.15, 0.2) is 71.8 Å². The summed E-state index contributed by atoms with van der Waals surface area (Å²) in [7, 11) is 1.47. The number of aromatic hydroxyl groups is 1. The van der Waals surface area contributed by atoms with Crippen LogP contribution in [0.3, 0.4) is 0 Å². The summed E-state index contributed by atoms with van der Waals surface area (Å²) >= 11 is 2.03. The standard InChI is InChI=1S/C38H34F6INO5/c1-19(2)26-17-27-33(36(49)46(35(27)48)25-15-23(37(39,40)41)14-24(16-25)38(42,43)44)28-18-51-30(32(26)28)10-9-22(21-7-5-4-6-8-21)11-20-12-29(45)34(47)31(13-20)50-3/h4-8,11-16,19,27-28,30,33,47H,9-10,17-18H2,1-3H3/b22-11-/t27-,28+,30-,33-/m1/s1. The summed E-state index contributed by atoms with van der Waals surface area (Å²) in [6, 6.07) is 14.1. The Kier molecular flexibility index (Phi) is 10.1. The fourth-order valence-corrected chi connectivity index (χ4v) is 8.18. The lowest BCUT2D eigenvalue weighted by Crippen LogP contribution is -2.35. The van der Waals surface area contributed by atoms with Crippen molar-refractivity contribution in [1.29, 1.82) is 0 Å². The van der Waals surface area contributed by atoms with Crippen molar-refractivity contribution in [2.45, 2.75) is 51.6 Å². The summed E-state index contributed by atoms with van der Waals surface area (Å²) in [5.74, 6) is -3.83. The van der Waals surface area contributed by atoms with Crippen molar-refractivity contribution in [3.63, 3.8) is 0 Å². The molecule has 0 spiro atoms. The lowest BCUT2D eigenvalue weighted by atomic mass is 9.67. The Morgan fingerprint density at radius 3 is 2.22 bits per heavy atom. The number of amides is 2. The second-order valence-electron chi connectivity index (χ2n) is 13.3. The number of carbonyl (C=O) groups is 2. The highest BCUT2D eigenvalue weighted by Crippen LogP contribution is 2.53. The molecule has 3 aromatic carbocycles. The Morgan fingerprint density at radius 2 is 1.63 bits per heavy atom. The van der Waals surface area contributed by atoms with E-state index in [9.17, 15) is 41.0 Å². The SMILES string of the molecule is COc1cc(/C=C(/CC[C@H]2OC[C@H]3C2=C(C(C)C)C[C@H]2C(=O)N(c4cc(C(F)(F)F)cc(C(F)(F)F)c4)C(=O)[C@H]23)c2ccccc2)cc(I)c1O. The van der Waals surface area contributed by atoms with Crippen LogP contribution in [0.4, 0.5) is 32.0 Å². The number of imide groups is 1. The molecule has 1 aliphatic carbocycles. The Labute approximate surface area is 304 Å². The first-order valence-electron chi connectivity index (χ1n) is 16.3. The molecule has 1 N–H and O–H groups in total. The smallest absolute Gasteiger partial charge is 0.416 e. The summed E-state index contributed by atoms with van der Waals surface area (Å²) in [6.45, 7) is 3.98. The van der Waals surface area contributed by atoms with E-state index in [2.05, 4.69) is 0 Å². The largest absolute Gasteiger partial charge is 0.504 e. The average Bonchev–Trinajstić information content (AvgIpc) is 3.60. The highest BCUT2D eigenvalue weighted by atomic mass is 127. The number of nitrogens with zero attached hydrogens (tertiary/aromatic N) is 1.